The maximum absolute atomic E-state index is 11.2. The minimum absolute atomic E-state index is 0.202. The lowest BCUT2D eigenvalue weighted by Crippen LogP contribution is -2.10. The van der Waals surface area contributed by atoms with Gasteiger partial charge in [0, 0.05) is 0 Å². The molecule has 62 valence electrons. The summed E-state index contributed by atoms with van der Waals surface area (Å²) in [7, 11) is 0. The molecular weight excluding hydrogens is 180 g/mol. The van der Waals surface area contributed by atoms with Gasteiger partial charge in [0.15, 0.2) is 5.52 Å². The van der Waals surface area contributed by atoms with Crippen molar-refractivity contribution in [3.05, 3.63) is 27.7 Å². The first-order valence-corrected chi connectivity index (χ1v) is 3.66. The van der Waals surface area contributed by atoms with Gasteiger partial charge in [0.25, 0.3) is 5.56 Å². The minimum atomic E-state index is -0.234. The third-order valence-electron chi connectivity index (χ3n) is 1.57. The largest absolute Gasteiger partial charge is 0.310 e. The van der Waals surface area contributed by atoms with E-state index >= 15 is 0 Å². The molecule has 2 rings (SSSR count). The van der Waals surface area contributed by atoms with Gasteiger partial charge in [-0.3, -0.25) is 4.79 Å². The van der Waals surface area contributed by atoms with E-state index in [1.165, 1.54) is 10.8 Å². The van der Waals surface area contributed by atoms with Crippen molar-refractivity contribution in [2.75, 3.05) is 0 Å². The van der Waals surface area contributed by atoms with Crippen molar-refractivity contribution in [2.45, 2.75) is 6.92 Å². The number of rotatable bonds is 0. The number of imidazole rings is 1. The Hall–Kier alpha value is -1.36. The molecule has 6 heteroatoms. The summed E-state index contributed by atoms with van der Waals surface area (Å²) in [6, 6.07) is 0. The predicted octanol–water partition coefficient (Wildman–Crippen LogP) is 0.379. The number of aryl methyl sites for hydroxylation is 1. The lowest BCUT2D eigenvalue weighted by atomic mass is 10.4. The van der Waals surface area contributed by atoms with Crippen molar-refractivity contribution in [1.82, 2.24) is 19.6 Å². The van der Waals surface area contributed by atoms with Crippen LogP contribution >= 0.6 is 11.6 Å². The standard InChI is InChI=1S/C6H5ClN4O/c1-3-4-5(12)8-2-9-11(4)6(7)10-3/h2H,1H3,(H,8,9,12). The van der Waals surface area contributed by atoms with Crippen LogP contribution in [0.25, 0.3) is 5.52 Å². The lowest BCUT2D eigenvalue weighted by molar-refractivity contribution is 0.880. The average molecular weight is 185 g/mol. The number of nitrogens with one attached hydrogen (secondary N) is 1. The summed E-state index contributed by atoms with van der Waals surface area (Å²) in [6.45, 7) is 1.71. The first-order chi connectivity index (χ1) is 5.70. The maximum Gasteiger partial charge on any atom is 0.277 e. The van der Waals surface area contributed by atoms with E-state index < -0.39 is 0 Å². The van der Waals surface area contributed by atoms with Crippen LogP contribution in [-0.2, 0) is 0 Å². The van der Waals surface area contributed by atoms with Crippen molar-refractivity contribution in [2.24, 2.45) is 0 Å². The predicted molar refractivity (Wildman–Crippen MR) is 43.4 cm³/mol. The van der Waals surface area contributed by atoms with Crippen LogP contribution in [0.3, 0.4) is 0 Å². The van der Waals surface area contributed by atoms with Crippen molar-refractivity contribution in [3.63, 3.8) is 0 Å². The summed E-state index contributed by atoms with van der Waals surface area (Å²) < 4.78 is 1.30. The van der Waals surface area contributed by atoms with E-state index in [2.05, 4.69) is 15.1 Å². The molecule has 0 bridgehead atoms. The topological polar surface area (TPSA) is 63.1 Å². The molecule has 0 aliphatic heterocycles. The van der Waals surface area contributed by atoms with Crippen molar-refractivity contribution in [3.8, 4) is 0 Å². The van der Waals surface area contributed by atoms with Gasteiger partial charge in [-0.15, -0.1) is 0 Å². The Balaban J connectivity index is 3.09. The zero-order chi connectivity index (χ0) is 8.72. The Labute approximate surface area is 72.0 Å². The molecule has 0 fully saturated rings. The van der Waals surface area contributed by atoms with Gasteiger partial charge in [-0.1, -0.05) is 0 Å². The van der Waals surface area contributed by atoms with Gasteiger partial charge < -0.3 is 4.98 Å². The van der Waals surface area contributed by atoms with Gasteiger partial charge >= 0.3 is 0 Å². The van der Waals surface area contributed by atoms with Crippen LogP contribution in [0.5, 0.6) is 0 Å². The number of aromatic amines is 1. The van der Waals surface area contributed by atoms with E-state index in [4.69, 9.17) is 11.6 Å². The highest BCUT2D eigenvalue weighted by Crippen LogP contribution is 2.09. The van der Waals surface area contributed by atoms with E-state index in [9.17, 15) is 4.79 Å². The zero-order valence-electron chi connectivity index (χ0n) is 6.21. The van der Waals surface area contributed by atoms with Crippen molar-refractivity contribution in [1.29, 1.82) is 0 Å². The van der Waals surface area contributed by atoms with Crippen LogP contribution in [0.1, 0.15) is 5.69 Å². The van der Waals surface area contributed by atoms with Crippen LogP contribution in [-0.4, -0.2) is 19.6 Å². The second-order valence-electron chi connectivity index (χ2n) is 2.34. The highest BCUT2D eigenvalue weighted by molar-refractivity contribution is 6.28. The Morgan fingerprint density at radius 3 is 3.08 bits per heavy atom. The molecule has 0 radical (unpaired) electrons. The Kier molecular flexibility index (Phi) is 1.41. The highest BCUT2D eigenvalue weighted by Gasteiger charge is 2.08. The molecule has 0 atom stereocenters. The van der Waals surface area contributed by atoms with Gasteiger partial charge in [-0.25, -0.2) is 4.98 Å². The fraction of sp³-hybridized carbons (Fsp3) is 0.167. The smallest absolute Gasteiger partial charge is 0.277 e. The molecule has 0 amide bonds. The number of aromatic nitrogens is 4. The van der Waals surface area contributed by atoms with Gasteiger partial charge in [0.05, 0.1) is 5.69 Å². The lowest BCUT2D eigenvalue weighted by Gasteiger charge is -1.89. The number of hydrogen-bond acceptors (Lipinski definition) is 3. The molecule has 0 saturated heterocycles. The van der Waals surface area contributed by atoms with E-state index in [0.29, 0.717) is 11.2 Å². The molecule has 5 nitrogen and oxygen atoms in total. The molecule has 0 aliphatic carbocycles. The third kappa shape index (κ3) is 0.831. The normalized spacial score (nSPS) is 10.8. The molecule has 2 aromatic rings. The highest BCUT2D eigenvalue weighted by atomic mass is 35.5. The summed E-state index contributed by atoms with van der Waals surface area (Å²) in [6.07, 6.45) is 1.28. The molecule has 2 heterocycles. The minimum Gasteiger partial charge on any atom is -0.310 e. The van der Waals surface area contributed by atoms with Gasteiger partial charge in [-0.2, -0.15) is 9.61 Å². The van der Waals surface area contributed by atoms with Crippen molar-refractivity contribution < 1.29 is 0 Å². The van der Waals surface area contributed by atoms with Crippen LogP contribution in [0.2, 0.25) is 5.28 Å². The van der Waals surface area contributed by atoms with E-state index in [-0.39, 0.29) is 10.8 Å². The summed E-state index contributed by atoms with van der Waals surface area (Å²) in [4.78, 5) is 17.5. The molecule has 2 aromatic heterocycles. The first-order valence-electron chi connectivity index (χ1n) is 3.28. The van der Waals surface area contributed by atoms with Crippen LogP contribution in [0.4, 0.5) is 0 Å². The Morgan fingerprint density at radius 1 is 1.67 bits per heavy atom. The molecule has 12 heavy (non-hydrogen) atoms. The monoisotopic (exact) mass is 184 g/mol. The second-order valence-corrected chi connectivity index (χ2v) is 2.68. The van der Waals surface area contributed by atoms with E-state index in [1.54, 1.807) is 6.92 Å². The number of hydrogen-bond donors (Lipinski definition) is 1. The van der Waals surface area contributed by atoms with Crippen LogP contribution < -0.4 is 5.56 Å². The molecule has 0 aliphatic rings. The fourth-order valence-electron chi connectivity index (χ4n) is 1.06. The summed E-state index contributed by atoms with van der Waals surface area (Å²) in [5, 5.41) is 4.03. The number of halogens is 1. The Bertz CT molecular complexity index is 486. The molecule has 1 N–H and O–H groups in total. The molecule has 0 spiro atoms. The van der Waals surface area contributed by atoms with Gasteiger partial charge in [0.1, 0.15) is 6.33 Å². The average Bonchev–Trinajstić information content (AvgIpc) is 2.29. The SMILES string of the molecule is Cc1nc(Cl)n2nc[nH]c(=O)c12. The first kappa shape index (κ1) is 7.30. The summed E-state index contributed by atoms with van der Waals surface area (Å²) in [5.74, 6) is 0. The van der Waals surface area contributed by atoms with Crippen LogP contribution in [0.15, 0.2) is 11.1 Å². The van der Waals surface area contributed by atoms with Gasteiger partial charge in [-0.05, 0) is 18.5 Å². The van der Waals surface area contributed by atoms with Crippen molar-refractivity contribution >= 4 is 17.1 Å². The van der Waals surface area contributed by atoms with E-state index in [0.717, 1.165) is 0 Å². The zero-order valence-corrected chi connectivity index (χ0v) is 6.96. The second kappa shape index (κ2) is 2.31. The fourth-order valence-corrected chi connectivity index (χ4v) is 1.32. The van der Waals surface area contributed by atoms with Gasteiger partial charge in [0.2, 0.25) is 5.28 Å². The molecule has 0 saturated carbocycles. The molecular formula is C6H5ClN4O. The third-order valence-corrected chi connectivity index (χ3v) is 1.82. The van der Waals surface area contributed by atoms with E-state index in [1.807, 2.05) is 0 Å². The quantitative estimate of drug-likeness (QED) is 0.644. The number of nitrogens with zero attached hydrogens (tertiary/aromatic N) is 3. The summed E-state index contributed by atoms with van der Waals surface area (Å²) in [5.41, 5.74) is 0.735. The number of fused-ring (bicyclic) bond motifs is 1. The molecule has 0 unspecified atom stereocenters. The van der Waals surface area contributed by atoms with Crippen LogP contribution in [0, 0.1) is 6.92 Å². The Morgan fingerprint density at radius 2 is 2.42 bits per heavy atom. The summed E-state index contributed by atoms with van der Waals surface area (Å²) >= 11 is 5.69. The molecule has 0 aromatic carbocycles. The number of H-pyrrole nitrogens is 1. The maximum atomic E-state index is 11.2.